The number of esters is 1. The minimum atomic E-state index is -3.05. The van der Waals surface area contributed by atoms with Gasteiger partial charge in [-0.3, -0.25) is 19.6 Å². The van der Waals surface area contributed by atoms with Crippen LogP contribution in [0.25, 0.3) is 0 Å². The Labute approximate surface area is 233 Å². The Kier molecular flexibility index (Phi) is 7.73. The predicted octanol–water partition coefficient (Wildman–Crippen LogP) is 3.22. The van der Waals surface area contributed by atoms with Crippen LogP contribution in [0.4, 0.5) is 13.2 Å². The molecule has 0 bridgehead atoms. The van der Waals surface area contributed by atoms with Crippen molar-refractivity contribution in [3.05, 3.63) is 63.0 Å². The van der Waals surface area contributed by atoms with E-state index < -0.39 is 54.3 Å². The summed E-state index contributed by atoms with van der Waals surface area (Å²) < 4.78 is 50.5. The molecule has 3 aliphatic heterocycles. The number of aliphatic carboxylic acids is 1. The zero-order chi connectivity index (χ0) is 28.8. The summed E-state index contributed by atoms with van der Waals surface area (Å²) in [6, 6.07) is 2.02. The predicted molar refractivity (Wildman–Crippen MR) is 142 cm³/mol. The van der Waals surface area contributed by atoms with Gasteiger partial charge in [0.2, 0.25) is 0 Å². The fourth-order valence-corrected chi connectivity index (χ4v) is 6.31. The number of carbonyl (C=O) groups excluding carboxylic acids is 1. The largest absolute Gasteiger partial charge is 0.480 e. The van der Waals surface area contributed by atoms with Gasteiger partial charge >= 0.3 is 11.9 Å². The lowest BCUT2D eigenvalue weighted by Gasteiger charge is -2.32. The number of hydrogen-bond donors (Lipinski definition) is 2. The van der Waals surface area contributed by atoms with Crippen LogP contribution in [0.3, 0.4) is 0 Å². The van der Waals surface area contributed by atoms with Crippen molar-refractivity contribution >= 4 is 29.1 Å². The average Bonchev–Trinajstić information content (AvgIpc) is 3.64. The van der Waals surface area contributed by atoms with Gasteiger partial charge in [-0.25, -0.2) is 22.9 Å². The quantitative estimate of drug-likeness (QED) is 0.461. The number of nitrogens with one attached hydrogen (secondary N) is 1. The zero-order valence-electron chi connectivity index (χ0n) is 22.2. The van der Waals surface area contributed by atoms with Crippen LogP contribution in [0.15, 0.2) is 46.0 Å². The minimum absolute atomic E-state index is 0.0459. The lowest BCUT2D eigenvalue weighted by atomic mass is 9.92. The molecule has 2 N–H and O–H groups in total. The zero-order valence-corrected chi connectivity index (χ0v) is 23.1. The summed E-state index contributed by atoms with van der Waals surface area (Å²) in [6.07, 6.45) is 1.60. The number of benzene rings is 1. The second-order valence-corrected chi connectivity index (χ2v) is 11.1. The maximum atomic E-state index is 15.2. The van der Waals surface area contributed by atoms with Crippen LogP contribution in [0, 0.1) is 18.7 Å². The fraction of sp³-hybridized carbons (Fsp3) is 0.481. The van der Waals surface area contributed by atoms with Crippen LogP contribution in [-0.2, 0) is 14.3 Å². The Morgan fingerprint density at radius 3 is 2.77 bits per heavy atom. The van der Waals surface area contributed by atoms with Crippen LogP contribution in [0.2, 0.25) is 0 Å². The number of alkyl halides is 2. The number of carbonyl (C=O) groups is 2. The number of likely N-dealkylation sites (tertiary alicyclic amines) is 2. The van der Waals surface area contributed by atoms with E-state index in [1.807, 2.05) is 0 Å². The van der Waals surface area contributed by atoms with Gasteiger partial charge in [0.1, 0.15) is 17.9 Å². The first-order chi connectivity index (χ1) is 19.0. The number of carboxylic acids is 1. The average molecular weight is 578 g/mol. The molecular formula is C27H30F3N5O4S. The van der Waals surface area contributed by atoms with Crippen molar-refractivity contribution in [3.63, 3.8) is 0 Å². The summed E-state index contributed by atoms with van der Waals surface area (Å²) in [5, 5.41) is 14.9. The van der Waals surface area contributed by atoms with Gasteiger partial charge in [-0.15, -0.1) is 11.3 Å². The molecule has 0 unspecified atom stereocenters. The molecule has 0 saturated carbocycles. The van der Waals surface area contributed by atoms with Crippen molar-refractivity contribution in [3.8, 4) is 0 Å². The van der Waals surface area contributed by atoms with E-state index in [9.17, 15) is 19.1 Å². The van der Waals surface area contributed by atoms with E-state index >= 15 is 8.78 Å². The van der Waals surface area contributed by atoms with Crippen molar-refractivity contribution in [2.75, 3.05) is 32.8 Å². The molecule has 0 spiro atoms. The molecule has 1 aromatic heterocycles. The van der Waals surface area contributed by atoms with Crippen LogP contribution >= 0.6 is 11.3 Å². The molecule has 1 aromatic carbocycles. The summed E-state index contributed by atoms with van der Waals surface area (Å²) in [5.74, 6) is -6.00. The normalized spacial score (nSPS) is 25.4. The molecule has 4 atom stereocenters. The van der Waals surface area contributed by atoms with Crippen molar-refractivity contribution in [1.29, 1.82) is 0 Å². The maximum Gasteiger partial charge on any atom is 0.338 e. The number of aliphatic imine (C=N–C) groups is 1. The minimum Gasteiger partial charge on any atom is -0.480 e. The third-order valence-electron chi connectivity index (χ3n) is 7.87. The first-order valence-corrected chi connectivity index (χ1v) is 13.9. The lowest BCUT2D eigenvalue weighted by Crippen LogP contribution is -2.45. The molecule has 3 aliphatic rings. The smallest absolute Gasteiger partial charge is 0.338 e. The maximum absolute atomic E-state index is 15.2. The van der Waals surface area contributed by atoms with Gasteiger partial charge in [0, 0.05) is 43.0 Å². The van der Waals surface area contributed by atoms with Crippen LogP contribution in [-0.4, -0.2) is 88.5 Å². The summed E-state index contributed by atoms with van der Waals surface area (Å²) >= 11 is 1.31. The Bertz CT molecular complexity index is 1370. The summed E-state index contributed by atoms with van der Waals surface area (Å²) in [6.45, 7) is 4.29. The fourth-order valence-electron chi connectivity index (χ4n) is 5.72. The van der Waals surface area contributed by atoms with E-state index in [1.165, 1.54) is 30.4 Å². The number of carboxylic acid groups (broad SMARTS) is 1. The first kappa shape index (κ1) is 28.2. The molecule has 0 radical (unpaired) electrons. The number of hydrogen-bond acceptors (Lipinski definition) is 9. The van der Waals surface area contributed by atoms with Gasteiger partial charge < -0.3 is 15.2 Å². The van der Waals surface area contributed by atoms with E-state index in [0.717, 1.165) is 0 Å². The third-order valence-corrected chi connectivity index (χ3v) is 8.65. The number of thiazole rings is 1. The monoisotopic (exact) mass is 577 g/mol. The summed E-state index contributed by atoms with van der Waals surface area (Å²) in [7, 11) is 0. The van der Waals surface area contributed by atoms with Crippen molar-refractivity contribution in [2.45, 2.75) is 44.8 Å². The molecule has 2 fully saturated rings. The van der Waals surface area contributed by atoms with Gasteiger partial charge in [0.15, 0.2) is 10.8 Å². The van der Waals surface area contributed by atoms with Crippen molar-refractivity contribution in [1.82, 2.24) is 20.1 Å². The number of aromatic nitrogens is 1. The molecule has 13 heteroatoms. The van der Waals surface area contributed by atoms with E-state index in [4.69, 9.17) is 9.73 Å². The number of amidine groups is 1. The Balaban J connectivity index is 1.57. The van der Waals surface area contributed by atoms with Crippen LogP contribution in [0.5, 0.6) is 0 Å². The first-order valence-electron chi connectivity index (χ1n) is 13.0. The molecule has 0 aliphatic carbocycles. The highest BCUT2D eigenvalue weighted by Crippen LogP contribution is 2.44. The van der Waals surface area contributed by atoms with E-state index in [0.29, 0.717) is 27.7 Å². The molecular weight excluding hydrogens is 547 g/mol. The molecule has 5 rings (SSSR count). The number of fused-ring (bicyclic) bond motifs is 1. The lowest BCUT2D eigenvalue weighted by molar-refractivity contribution is -0.143. The number of nitrogens with zero attached hydrogens (tertiary/aromatic N) is 4. The Morgan fingerprint density at radius 1 is 1.32 bits per heavy atom. The third kappa shape index (κ3) is 5.13. The van der Waals surface area contributed by atoms with Gasteiger partial charge in [0.25, 0.3) is 5.92 Å². The number of halogens is 3. The van der Waals surface area contributed by atoms with Gasteiger partial charge in [-0.2, -0.15) is 0 Å². The molecule has 40 heavy (non-hydrogen) atoms. The highest BCUT2D eigenvalue weighted by Gasteiger charge is 2.59. The summed E-state index contributed by atoms with van der Waals surface area (Å²) in [4.78, 5) is 37.1. The second kappa shape index (κ2) is 10.9. The standard InChI is InChI=1S/C27H30F3N5O4S/c1-4-39-26(38)21-19(11-35-13-27(29,30)17-10-34(12-20(17)35)15(3)25(36)37)32-23(24-31-8-9-40-24)33-22(21)16-6-5-7-18(28)14(16)2/h5-9,15,17,20,22H,4,10-13H2,1-3H3,(H,32,33)(H,36,37)/t15-,17-,20+,22-/m0/s1. The Hall–Kier alpha value is -3.29. The topological polar surface area (TPSA) is 107 Å². The SMILES string of the molecule is CCOC(=O)C1=C(CN2CC(F)(F)[C@H]3CN([C@@H](C)C(=O)O)C[C@H]32)NC(c2nccs2)=N[C@H]1c1cccc(F)c1C. The summed E-state index contributed by atoms with van der Waals surface area (Å²) in [5.41, 5.74) is 1.17. The van der Waals surface area contributed by atoms with Crippen LogP contribution in [0.1, 0.15) is 36.0 Å². The van der Waals surface area contributed by atoms with Gasteiger partial charge in [0.05, 0.1) is 24.6 Å². The molecule has 214 valence electrons. The van der Waals surface area contributed by atoms with Crippen molar-refractivity contribution in [2.24, 2.45) is 10.9 Å². The molecule has 2 aromatic rings. The van der Waals surface area contributed by atoms with Crippen molar-refractivity contribution < 1.29 is 32.6 Å². The van der Waals surface area contributed by atoms with Crippen LogP contribution < -0.4 is 5.32 Å². The highest BCUT2D eigenvalue weighted by atomic mass is 32.1. The second-order valence-electron chi connectivity index (χ2n) is 10.2. The van der Waals surface area contributed by atoms with E-state index in [2.05, 4.69) is 10.3 Å². The molecule has 2 saturated heterocycles. The van der Waals surface area contributed by atoms with E-state index in [1.54, 1.807) is 41.3 Å². The molecule has 4 heterocycles. The number of ether oxygens (including phenoxy) is 1. The molecule has 9 nitrogen and oxygen atoms in total. The van der Waals surface area contributed by atoms with E-state index in [-0.39, 0.29) is 31.8 Å². The van der Waals surface area contributed by atoms with Gasteiger partial charge in [-0.1, -0.05) is 12.1 Å². The number of rotatable bonds is 8. The molecule has 0 amide bonds. The highest BCUT2D eigenvalue weighted by molar-refractivity contribution is 7.11. The van der Waals surface area contributed by atoms with Gasteiger partial charge in [-0.05, 0) is 38.0 Å². The Morgan fingerprint density at radius 2 is 2.10 bits per heavy atom.